The topological polar surface area (TPSA) is 68.0 Å². The zero-order valence-electron chi connectivity index (χ0n) is 17.0. The normalized spacial score (nSPS) is 12.0. The Balaban J connectivity index is 1.30. The highest BCUT2D eigenvalue weighted by Crippen LogP contribution is 2.26. The van der Waals surface area contributed by atoms with Crippen LogP contribution in [0.3, 0.4) is 0 Å². The number of hydrogen-bond acceptors (Lipinski definition) is 4. The molecule has 4 aromatic rings. The molecule has 0 radical (unpaired) electrons. The van der Waals surface area contributed by atoms with E-state index in [1.807, 2.05) is 55.5 Å². The average molecular weight is 399 g/mol. The van der Waals surface area contributed by atoms with Crippen molar-refractivity contribution in [3.8, 4) is 11.4 Å². The second-order valence-corrected chi connectivity index (χ2v) is 7.53. The maximum Gasteiger partial charge on any atom is 0.227 e. The fourth-order valence-corrected chi connectivity index (χ4v) is 3.55. The van der Waals surface area contributed by atoms with Gasteiger partial charge in [-0.05, 0) is 36.1 Å². The predicted molar refractivity (Wildman–Crippen MR) is 118 cm³/mol. The lowest BCUT2D eigenvalue weighted by molar-refractivity contribution is -0.121. The van der Waals surface area contributed by atoms with Gasteiger partial charge in [0.05, 0.1) is 0 Å². The quantitative estimate of drug-likeness (QED) is 0.455. The van der Waals surface area contributed by atoms with E-state index in [0.717, 1.165) is 29.2 Å². The van der Waals surface area contributed by atoms with Crippen LogP contribution in [0.25, 0.3) is 22.2 Å². The molecule has 0 aliphatic carbocycles. The third-order valence-electron chi connectivity index (χ3n) is 5.18. The Bertz CT molecular complexity index is 1120. The molecule has 0 saturated carbocycles. The van der Waals surface area contributed by atoms with Crippen LogP contribution >= 0.6 is 0 Å². The maximum absolute atomic E-state index is 12.3. The molecular weight excluding hydrogens is 374 g/mol. The Hall–Kier alpha value is -3.47. The van der Waals surface area contributed by atoms with Gasteiger partial charge in [-0.15, -0.1) is 0 Å². The summed E-state index contributed by atoms with van der Waals surface area (Å²) in [4.78, 5) is 16.8. The lowest BCUT2D eigenvalue weighted by Gasteiger charge is -2.13. The summed E-state index contributed by atoms with van der Waals surface area (Å²) in [5.41, 5.74) is 2.22. The Labute approximate surface area is 176 Å². The minimum Gasteiger partial charge on any atom is -0.354 e. The summed E-state index contributed by atoms with van der Waals surface area (Å²) in [6, 6.07) is 24.6. The second-order valence-electron chi connectivity index (χ2n) is 7.53. The molecule has 3 aromatic carbocycles. The number of nitrogens with one attached hydrogen (secondary N) is 1. The first-order valence-corrected chi connectivity index (χ1v) is 10.3. The number of fused-ring (bicyclic) bond motifs is 1. The monoisotopic (exact) mass is 399 g/mol. The minimum absolute atomic E-state index is 0.000438. The lowest BCUT2D eigenvalue weighted by Crippen LogP contribution is -2.33. The number of benzene rings is 3. The molecule has 0 fully saturated rings. The van der Waals surface area contributed by atoms with Gasteiger partial charge in [-0.3, -0.25) is 4.79 Å². The first kappa shape index (κ1) is 19.8. The molecule has 1 atom stereocenters. The van der Waals surface area contributed by atoms with Gasteiger partial charge < -0.3 is 9.84 Å². The van der Waals surface area contributed by atoms with Gasteiger partial charge in [0.15, 0.2) is 0 Å². The Morgan fingerprint density at radius 2 is 1.73 bits per heavy atom. The van der Waals surface area contributed by atoms with Crippen molar-refractivity contribution in [1.82, 2.24) is 15.5 Å². The summed E-state index contributed by atoms with van der Waals surface area (Å²) in [6.07, 6.45) is 2.60. The Morgan fingerprint density at radius 1 is 0.967 bits per heavy atom. The van der Waals surface area contributed by atoms with Crippen molar-refractivity contribution < 1.29 is 9.32 Å². The first-order chi connectivity index (χ1) is 14.7. The number of aromatic nitrogens is 2. The van der Waals surface area contributed by atoms with E-state index in [-0.39, 0.29) is 11.9 Å². The zero-order chi connectivity index (χ0) is 20.8. The molecule has 30 heavy (non-hydrogen) atoms. The van der Waals surface area contributed by atoms with Gasteiger partial charge in [-0.2, -0.15) is 4.98 Å². The number of carbonyl (C=O) groups is 1. The molecule has 4 rings (SSSR count). The van der Waals surface area contributed by atoms with Crippen LogP contribution in [-0.4, -0.2) is 22.1 Å². The fraction of sp³-hybridized carbons (Fsp3) is 0.240. The number of carbonyl (C=O) groups excluding carboxylic acids is 1. The molecule has 1 aromatic heterocycles. The van der Waals surface area contributed by atoms with E-state index in [9.17, 15) is 4.79 Å². The highest BCUT2D eigenvalue weighted by molar-refractivity contribution is 5.94. The van der Waals surface area contributed by atoms with Crippen molar-refractivity contribution in [2.24, 2.45) is 0 Å². The number of rotatable bonds is 8. The molecule has 5 heteroatoms. The molecule has 1 N–H and O–H groups in total. The molecule has 0 spiro atoms. The van der Waals surface area contributed by atoms with Crippen LogP contribution < -0.4 is 5.32 Å². The summed E-state index contributed by atoms with van der Waals surface area (Å²) < 4.78 is 5.39. The smallest absolute Gasteiger partial charge is 0.227 e. The van der Waals surface area contributed by atoms with Crippen molar-refractivity contribution in [3.05, 3.63) is 84.3 Å². The standard InChI is InChI=1S/C25H25N3O2/c1-18(14-15-19-8-3-2-4-9-19)26-23(29)16-17-24-27-25(28-30-24)22-13-7-11-20-10-5-6-12-21(20)22/h2-13,18H,14-17H2,1H3,(H,26,29)/t18-/m0/s1. The number of amides is 1. The molecule has 5 nitrogen and oxygen atoms in total. The third kappa shape index (κ3) is 4.92. The summed E-state index contributed by atoms with van der Waals surface area (Å²) >= 11 is 0. The van der Waals surface area contributed by atoms with Crippen LogP contribution in [0.1, 0.15) is 31.2 Å². The maximum atomic E-state index is 12.3. The van der Waals surface area contributed by atoms with Crippen molar-refractivity contribution in [1.29, 1.82) is 0 Å². The molecule has 0 aliphatic heterocycles. The fourth-order valence-electron chi connectivity index (χ4n) is 3.55. The molecule has 0 bridgehead atoms. The van der Waals surface area contributed by atoms with Crippen molar-refractivity contribution in [2.45, 2.75) is 38.6 Å². The van der Waals surface area contributed by atoms with E-state index >= 15 is 0 Å². The number of hydrogen-bond donors (Lipinski definition) is 1. The van der Waals surface area contributed by atoms with E-state index in [4.69, 9.17) is 4.52 Å². The largest absolute Gasteiger partial charge is 0.354 e. The SMILES string of the molecule is C[C@@H](CCc1ccccc1)NC(=O)CCc1nc(-c2cccc3ccccc23)no1. The third-order valence-corrected chi connectivity index (χ3v) is 5.18. The number of nitrogens with zero attached hydrogens (tertiary/aromatic N) is 2. The summed E-state index contributed by atoms with van der Waals surface area (Å²) in [5.74, 6) is 1.03. The van der Waals surface area contributed by atoms with Crippen LogP contribution in [0.2, 0.25) is 0 Å². The van der Waals surface area contributed by atoms with Gasteiger partial charge in [0.2, 0.25) is 17.6 Å². The second kappa shape index (κ2) is 9.35. The molecule has 0 aliphatic rings. The molecule has 1 heterocycles. The predicted octanol–water partition coefficient (Wildman–Crippen LogP) is 4.96. The Kier molecular flexibility index (Phi) is 6.18. The van der Waals surface area contributed by atoms with Crippen LogP contribution in [-0.2, 0) is 17.6 Å². The van der Waals surface area contributed by atoms with E-state index in [1.54, 1.807) is 0 Å². The van der Waals surface area contributed by atoms with Gasteiger partial charge in [-0.25, -0.2) is 0 Å². The minimum atomic E-state index is 0.000438. The highest BCUT2D eigenvalue weighted by Gasteiger charge is 2.14. The summed E-state index contributed by atoms with van der Waals surface area (Å²) in [5, 5.41) is 9.39. The van der Waals surface area contributed by atoms with Gasteiger partial charge in [0.1, 0.15) is 0 Å². The molecule has 152 valence electrons. The summed E-state index contributed by atoms with van der Waals surface area (Å²) in [6.45, 7) is 2.03. The van der Waals surface area contributed by atoms with E-state index < -0.39 is 0 Å². The van der Waals surface area contributed by atoms with Crippen LogP contribution in [0.15, 0.2) is 77.3 Å². The van der Waals surface area contributed by atoms with Crippen molar-refractivity contribution in [2.75, 3.05) is 0 Å². The van der Waals surface area contributed by atoms with Crippen LogP contribution in [0.4, 0.5) is 0 Å². The average Bonchev–Trinajstić information content (AvgIpc) is 3.25. The number of aryl methyl sites for hydroxylation is 2. The summed E-state index contributed by atoms with van der Waals surface area (Å²) in [7, 11) is 0. The molecule has 0 saturated heterocycles. The highest BCUT2D eigenvalue weighted by atomic mass is 16.5. The van der Waals surface area contributed by atoms with E-state index in [1.165, 1.54) is 5.56 Å². The molecular formula is C25H25N3O2. The lowest BCUT2D eigenvalue weighted by atomic mass is 10.0. The van der Waals surface area contributed by atoms with Gasteiger partial charge >= 0.3 is 0 Å². The van der Waals surface area contributed by atoms with Crippen LogP contribution in [0.5, 0.6) is 0 Å². The Morgan fingerprint density at radius 3 is 2.60 bits per heavy atom. The zero-order valence-corrected chi connectivity index (χ0v) is 17.0. The van der Waals surface area contributed by atoms with Crippen molar-refractivity contribution >= 4 is 16.7 Å². The first-order valence-electron chi connectivity index (χ1n) is 10.3. The molecule has 0 unspecified atom stereocenters. The van der Waals surface area contributed by atoms with Crippen molar-refractivity contribution in [3.63, 3.8) is 0 Å². The van der Waals surface area contributed by atoms with E-state index in [0.29, 0.717) is 24.6 Å². The van der Waals surface area contributed by atoms with Crippen LogP contribution in [0, 0.1) is 0 Å². The van der Waals surface area contributed by atoms with Gasteiger partial charge in [0, 0.05) is 24.4 Å². The molecule has 1 amide bonds. The van der Waals surface area contributed by atoms with Gasteiger partial charge in [0.25, 0.3) is 0 Å². The van der Waals surface area contributed by atoms with Gasteiger partial charge in [-0.1, -0.05) is 78.0 Å². The van der Waals surface area contributed by atoms with E-state index in [2.05, 4.69) is 39.7 Å².